The van der Waals surface area contributed by atoms with Crippen molar-refractivity contribution < 1.29 is 13.2 Å². The molecule has 0 spiro atoms. The Hall–Kier alpha value is -1.60. The molecule has 2 aromatic heterocycles. The largest absolute Gasteiger partial charge is 0.417 e. The van der Waals surface area contributed by atoms with Gasteiger partial charge in [0, 0.05) is 24.5 Å². The van der Waals surface area contributed by atoms with Gasteiger partial charge >= 0.3 is 6.18 Å². The maximum atomic E-state index is 12.6. The smallest absolute Gasteiger partial charge is 0.299 e. The number of halogens is 4. The molecule has 1 saturated heterocycles. The predicted molar refractivity (Wildman–Crippen MR) is 75.9 cm³/mol. The van der Waals surface area contributed by atoms with Crippen molar-refractivity contribution in [2.75, 3.05) is 13.1 Å². The van der Waals surface area contributed by atoms with E-state index in [2.05, 4.69) is 15.0 Å². The van der Waals surface area contributed by atoms with Crippen molar-refractivity contribution in [3.05, 3.63) is 40.8 Å². The van der Waals surface area contributed by atoms with Gasteiger partial charge in [0.05, 0.1) is 16.8 Å². The third-order valence-corrected chi connectivity index (χ3v) is 3.89. The molecule has 4 nitrogen and oxygen atoms in total. The first kappa shape index (κ1) is 15.3. The summed E-state index contributed by atoms with van der Waals surface area (Å²) in [6.45, 7) is 2.90. The molecule has 3 rings (SSSR count). The first-order valence-corrected chi connectivity index (χ1v) is 7.30. The monoisotopic (exact) mass is 330 g/mol. The van der Waals surface area contributed by atoms with E-state index in [-0.39, 0.29) is 10.8 Å². The van der Waals surface area contributed by atoms with Crippen LogP contribution in [0, 0.1) is 0 Å². The molecule has 22 heavy (non-hydrogen) atoms. The average molecular weight is 331 g/mol. The van der Waals surface area contributed by atoms with Crippen LogP contribution in [0.4, 0.5) is 13.2 Å². The van der Waals surface area contributed by atoms with E-state index >= 15 is 0 Å². The first-order valence-electron chi connectivity index (χ1n) is 6.92. The van der Waals surface area contributed by atoms with Crippen molar-refractivity contribution in [2.24, 2.45) is 0 Å². The van der Waals surface area contributed by atoms with E-state index in [1.807, 2.05) is 0 Å². The summed E-state index contributed by atoms with van der Waals surface area (Å²) in [5.41, 5.74) is 0.116. The Morgan fingerprint density at radius 2 is 1.91 bits per heavy atom. The zero-order valence-electron chi connectivity index (χ0n) is 11.6. The molecule has 0 saturated carbocycles. The average Bonchev–Trinajstić information content (AvgIpc) is 3.10. The van der Waals surface area contributed by atoms with Crippen LogP contribution in [-0.2, 0) is 12.7 Å². The number of likely N-dealkylation sites (tertiary alicyclic amines) is 1. The first-order chi connectivity index (χ1) is 10.4. The quantitative estimate of drug-likeness (QED) is 0.863. The van der Waals surface area contributed by atoms with Crippen LogP contribution in [0.5, 0.6) is 0 Å². The lowest BCUT2D eigenvalue weighted by molar-refractivity contribution is -0.137. The molecule has 1 aliphatic heterocycles. The highest BCUT2D eigenvalue weighted by molar-refractivity contribution is 6.32. The SMILES string of the molecule is FC(F)(F)c1cnc(-n2cc(CN3CCCC3)cn2)c(Cl)c1. The molecule has 0 bridgehead atoms. The topological polar surface area (TPSA) is 34.0 Å². The summed E-state index contributed by atoms with van der Waals surface area (Å²) < 4.78 is 39.2. The number of pyridine rings is 1. The normalized spacial score (nSPS) is 16.4. The molecule has 8 heteroatoms. The maximum absolute atomic E-state index is 12.6. The lowest BCUT2D eigenvalue weighted by atomic mass is 10.3. The molecule has 1 aliphatic rings. The molecule has 0 atom stereocenters. The Morgan fingerprint density at radius 1 is 1.18 bits per heavy atom. The van der Waals surface area contributed by atoms with E-state index in [4.69, 9.17) is 11.6 Å². The van der Waals surface area contributed by atoms with E-state index < -0.39 is 11.7 Å². The number of rotatable bonds is 3. The van der Waals surface area contributed by atoms with Gasteiger partial charge < -0.3 is 0 Å². The summed E-state index contributed by atoms with van der Waals surface area (Å²) in [6.07, 6.45) is 2.14. The minimum Gasteiger partial charge on any atom is -0.299 e. The zero-order valence-corrected chi connectivity index (χ0v) is 12.4. The van der Waals surface area contributed by atoms with Crippen LogP contribution in [0.3, 0.4) is 0 Å². The number of hydrogen-bond donors (Lipinski definition) is 0. The molecule has 3 heterocycles. The third-order valence-electron chi connectivity index (χ3n) is 3.61. The molecule has 0 aliphatic carbocycles. The molecule has 2 aromatic rings. The van der Waals surface area contributed by atoms with Gasteiger partial charge in [0.2, 0.25) is 0 Å². The van der Waals surface area contributed by atoms with Gasteiger partial charge in [-0.05, 0) is 32.0 Å². The van der Waals surface area contributed by atoms with Gasteiger partial charge in [-0.3, -0.25) is 4.90 Å². The lowest BCUT2D eigenvalue weighted by Crippen LogP contribution is -2.17. The standard InChI is InChI=1S/C14H14ClF3N4/c15-12-5-11(14(16,17)18)7-19-13(12)22-9-10(6-20-22)8-21-3-1-2-4-21/h5-7,9H,1-4,8H2. The number of nitrogens with zero attached hydrogens (tertiary/aromatic N) is 4. The Labute approximate surface area is 130 Å². The Morgan fingerprint density at radius 3 is 2.55 bits per heavy atom. The summed E-state index contributed by atoms with van der Waals surface area (Å²) in [7, 11) is 0. The minimum absolute atomic E-state index is 0.0781. The highest BCUT2D eigenvalue weighted by Gasteiger charge is 2.31. The fourth-order valence-corrected chi connectivity index (χ4v) is 2.76. The Bertz CT molecular complexity index is 662. The van der Waals surface area contributed by atoms with Crippen molar-refractivity contribution in [3.63, 3.8) is 0 Å². The Balaban J connectivity index is 1.80. The second kappa shape index (κ2) is 5.89. The van der Waals surface area contributed by atoms with Gasteiger partial charge in [0.25, 0.3) is 0 Å². The van der Waals surface area contributed by atoms with E-state index in [0.29, 0.717) is 0 Å². The molecule has 0 amide bonds. The summed E-state index contributed by atoms with van der Waals surface area (Å²) in [4.78, 5) is 6.10. The van der Waals surface area contributed by atoms with Gasteiger partial charge in [-0.2, -0.15) is 18.3 Å². The van der Waals surface area contributed by atoms with Crippen LogP contribution in [0.15, 0.2) is 24.7 Å². The molecular formula is C14H14ClF3N4. The van der Waals surface area contributed by atoms with Crippen LogP contribution >= 0.6 is 11.6 Å². The van der Waals surface area contributed by atoms with Crippen molar-refractivity contribution >= 4 is 11.6 Å². The minimum atomic E-state index is -4.46. The van der Waals surface area contributed by atoms with Gasteiger partial charge in [0.1, 0.15) is 0 Å². The summed E-state index contributed by atoms with van der Waals surface area (Å²) in [5.74, 6) is 0.197. The van der Waals surface area contributed by atoms with Crippen LogP contribution < -0.4 is 0 Å². The van der Waals surface area contributed by atoms with Crippen molar-refractivity contribution in [3.8, 4) is 5.82 Å². The van der Waals surface area contributed by atoms with Gasteiger partial charge in [-0.15, -0.1) is 0 Å². The molecule has 0 radical (unpaired) electrons. The van der Waals surface area contributed by atoms with Crippen LogP contribution in [-0.4, -0.2) is 32.8 Å². The van der Waals surface area contributed by atoms with Crippen LogP contribution in [0.1, 0.15) is 24.0 Å². The highest BCUT2D eigenvalue weighted by atomic mass is 35.5. The molecule has 118 valence electrons. The van der Waals surface area contributed by atoms with Gasteiger partial charge in [0.15, 0.2) is 5.82 Å². The Kier molecular flexibility index (Phi) is 4.10. The highest BCUT2D eigenvalue weighted by Crippen LogP contribution is 2.31. The van der Waals surface area contributed by atoms with Crippen molar-refractivity contribution in [1.82, 2.24) is 19.7 Å². The van der Waals surface area contributed by atoms with E-state index in [1.54, 1.807) is 12.4 Å². The van der Waals surface area contributed by atoms with E-state index in [1.165, 1.54) is 17.5 Å². The lowest BCUT2D eigenvalue weighted by Gasteiger charge is -2.12. The molecule has 0 aromatic carbocycles. The van der Waals surface area contributed by atoms with Crippen LogP contribution in [0.25, 0.3) is 5.82 Å². The molecule has 0 N–H and O–H groups in total. The fourth-order valence-electron chi connectivity index (χ4n) is 2.51. The van der Waals surface area contributed by atoms with Crippen molar-refractivity contribution in [1.29, 1.82) is 0 Å². The number of alkyl halides is 3. The van der Waals surface area contributed by atoms with Crippen LogP contribution in [0.2, 0.25) is 5.02 Å². The second-order valence-corrected chi connectivity index (χ2v) is 5.71. The number of aromatic nitrogens is 3. The molecule has 1 fully saturated rings. The van der Waals surface area contributed by atoms with E-state index in [9.17, 15) is 13.2 Å². The van der Waals surface area contributed by atoms with Gasteiger partial charge in [-0.1, -0.05) is 11.6 Å². The summed E-state index contributed by atoms with van der Waals surface area (Å²) in [6, 6.07) is 0.867. The molecular weight excluding hydrogens is 317 g/mol. The summed E-state index contributed by atoms with van der Waals surface area (Å²) in [5, 5.41) is 4.06. The molecule has 0 unspecified atom stereocenters. The fraction of sp³-hybridized carbons (Fsp3) is 0.429. The maximum Gasteiger partial charge on any atom is 0.417 e. The number of hydrogen-bond acceptors (Lipinski definition) is 3. The predicted octanol–water partition coefficient (Wildman–Crippen LogP) is 3.54. The van der Waals surface area contributed by atoms with Gasteiger partial charge in [-0.25, -0.2) is 9.67 Å². The second-order valence-electron chi connectivity index (χ2n) is 5.30. The van der Waals surface area contributed by atoms with E-state index in [0.717, 1.165) is 37.5 Å². The zero-order chi connectivity index (χ0) is 15.7. The summed E-state index contributed by atoms with van der Waals surface area (Å²) >= 11 is 5.92. The van der Waals surface area contributed by atoms with Crippen molar-refractivity contribution in [2.45, 2.75) is 25.6 Å². The third kappa shape index (κ3) is 3.25.